The van der Waals surface area contributed by atoms with Crippen LogP contribution in [0, 0.1) is 0 Å². The molecule has 0 saturated heterocycles. The summed E-state index contributed by atoms with van der Waals surface area (Å²) in [5.41, 5.74) is 0.516. The van der Waals surface area contributed by atoms with Crippen LogP contribution in [0.2, 0.25) is 0 Å². The number of amides is 1. The molecule has 1 aromatic heterocycles. The normalized spacial score (nSPS) is 11.2. The van der Waals surface area contributed by atoms with E-state index in [2.05, 4.69) is 15.5 Å². The molecule has 0 aliphatic rings. The Morgan fingerprint density at radius 1 is 1.26 bits per heavy atom. The Balaban J connectivity index is 1.93. The second-order valence-electron chi connectivity index (χ2n) is 3.92. The number of rotatable bonds is 5. The minimum Gasteiger partial charge on any atom is -0.323 e. The maximum atomic E-state index is 11.9. The van der Waals surface area contributed by atoms with Gasteiger partial charge in [-0.05, 0) is 12.1 Å². The highest BCUT2D eigenvalue weighted by molar-refractivity contribution is 7.91. The first-order valence-corrected chi connectivity index (χ1v) is 7.29. The molecule has 0 radical (unpaired) electrons. The topological polar surface area (TPSA) is 91.9 Å². The highest BCUT2D eigenvalue weighted by Gasteiger charge is 2.16. The van der Waals surface area contributed by atoms with Crippen molar-refractivity contribution < 1.29 is 13.2 Å². The summed E-state index contributed by atoms with van der Waals surface area (Å²) in [7, 11) is -3.42. The maximum Gasteiger partial charge on any atom is 0.225 e. The number of anilines is 1. The van der Waals surface area contributed by atoms with Crippen LogP contribution in [0.5, 0.6) is 0 Å². The third-order valence-corrected chi connectivity index (χ3v) is 4.21. The Morgan fingerprint density at radius 3 is 2.63 bits per heavy atom. The number of sulfone groups is 1. The molecule has 1 aromatic carbocycles. The number of H-pyrrole nitrogens is 1. The van der Waals surface area contributed by atoms with Gasteiger partial charge in [0.2, 0.25) is 5.91 Å². The molecule has 0 saturated carbocycles. The molecule has 0 fully saturated rings. The van der Waals surface area contributed by atoms with Crippen LogP contribution < -0.4 is 5.32 Å². The fraction of sp³-hybridized carbons (Fsp3) is 0.167. The number of hydrogen-bond donors (Lipinski definition) is 2. The molecule has 0 unspecified atom stereocenters. The Labute approximate surface area is 110 Å². The van der Waals surface area contributed by atoms with Crippen LogP contribution in [0.15, 0.2) is 47.6 Å². The zero-order chi connectivity index (χ0) is 13.7. The van der Waals surface area contributed by atoms with Crippen molar-refractivity contribution in [2.24, 2.45) is 0 Å². The third kappa shape index (κ3) is 3.65. The van der Waals surface area contributed by atoms with Crippen molar-refractivity contribution >= 4 is 21.4 Å². The molecular weight excluding hydrogens is 266 g/mol. The van der Waals surface area contributed by atoms with Crippen LogP contribution in [-0.4, -0.2) is 30.3 Å². The van der Waals surface area contributed by atoms with Crippen molar-refractivity contribution in [3.63, 3.8) is 0 Å². The van der Waals surface area contributed by atoms with Gasteiger partial charge in [-0.1, -0.05) is 18.2 Å². The van der Waals surface area contributed by atoms with Gasteiger partial charge in [0.15, 0.2) is 9.84 Å². The predicted molar refractivity (Wildman–Crippen MR) is 70.3 cm³/mol. The molecule has 1 heterocycles. The van der Waals surface area contributed by atoms with Gasteiger partial charge in [-0.25, -0.2) is 8.42 Å². The van der Waals surface area contributed by atoms with Crippen LogP contribution in [-0.2, 0) is 14.6 Å². The van der Waals surface area contributed by atoms with E-state index >= 15 is 0 Å². The van der Waals surface area contributed by atoms with Crippen LogP contribution in [0.3, 0.4) is 0 Å². The standard InChI is InChI=1S/C12H13N3O3S/c16-12(15-10-8-13-14-9-10)6-7-19(17,18)11-4-2-1-3-5-11/h1-5,8-9H,6-7H2,(H,13,14)(H,15,16). The first kappa shape index (κ1) is 13.3. The molecular formula is C12H13N3O3S. The molecule has 2 rings (SSSR count). The minimum atomic E-state index is -3.42. The van der Waals surface area contributed by atoms with E-state index in [0.717, 1.165) is 0 Å². The van der Waals surface area contributed by atoms with Gasteiger partial charge in [0.25, 0.3) is 0 Å². The highest BCUT2D eigenvalue weighted by Crippen LogP contribution is 2.11. The summed E-state index contributed by atoms with van der Waals surface area (Å²) in [5.74, 6) is -0.582. The lowest BCUT2D eigenvalue weighted by Crippen LogP contribution is -2.17. The molecule has 7 heteroatoms. The lowest BCUT2D eigenvalue weighted by Gasteiger charge is -2.04. The third-order valence-electron chi connectivity index (χ3n) is 2.48. The van der Waals surface area contributed by atoms with Crippen molar-refractivity contribution in [1.29, 1.82) is 0 Å². The van der Waals surface area contributed by atoms with Gasteiger partial charge >= 0.3 is 0 Å². The number of nitrogens with one attached hydrogen (secondary N) is 2. The van der Waals surface area contributed by atoms with Crippen LogP contribution in [0.1, 0.15) is 6.42 Å². The molecule has 100 valence electrons. The second-order valence-corrected chi connectivity index (χ2v) is 6.03. The van der Waals surface area contributed by atoms with Crippen LogP contribution in [0.4, 0.5) is 5.69 Å². The first-order valence-electron chi connectivity index (χ1n) is 5.64. The Kier molecular flexibility index (Phi) is 3.96. The van der Waals surface area contributed by atoms with Gasteiger partial charge in [0.1, 0.15) is 0 Å². The van der Waals surface area contributed by atoms with Gasteiger partial charge < -0.3 is 5.32 Å². The Bertz CT molecular complexity index is 636. The van der Waals surface area contributed by atoms with Gasteiger partial charge in [0.05, 0.1) is 22.5 Å². The lowest BCUT2D eigenvalue weighted by atomic mass is 10.4. The zero-order valence-corrected chi connectivity index (χ0v) is 10.9. The molecule has 2 aromatic rings. The summed E-state index contributed by atoms with van der Waals surface area (Å²) in [6.45, 7) is 0. The van der Waals surface area contributed by atoms with Gasteiger partial charge in [-0.15, -0.1) is 0 Å². The smallest absolute Gasteiger partial charge is 0.225 e. The van der Waals surface area contributed by atoms with Crippen LogP contribution >= 0.6 is 0 Å². The molecule has 0 aliphatic heterocycles. The summed E-state index contributed by atoms with van der Waals surface area (Å²) >= 11 is 0. The van der Waals surface area contributed by atoms with E-state index in [1.807, 2.05) is 0 Å². The molecule has 2 N–H and O–H groups in total. The van der Waals surface area contributed by atoms with E-state index < -0.39 is 9.84 Å². The lowest BCUT2D eigenvalue weighted by molar-refractivity contribution is -0.115. The number of benzene rings is 1. The van der Waals surface area contributed by atoms with E-state index in [9.17, 15) is 13.2 Å². The van der Waals surface area contributed by atoms with Crippen molar-refractivity contribution in [2.75, 3.05) is 11.1 Å². The summed E-state index contributed by atoms with van der Waals surface area (Å²) in [6, 6.07) is 8.08. The quantitative estimate of drug-likeness (QED) is 0.860. The highest BCUT2D eigenvalue weighted by atomic mass is 32.2. The predicted octanol–water partition coefficient (Wildman–Crippen LogP) is 1.21. The number of nitrogens with zero attached hydrogens (tertiary/aromatic N) is 1. The van der Waals surface area contributed by atoms with Crippen molar-refractivity contribution in [1.82, 2.24) is 10.2 Å². The van der Waals surface area contributed by atoms with Crippen LogP contribution in [0.25, 0.3) is 0 Å². The van der Waals surface area contributed by atoms with Gasteiger partial charge in [-0.3, -0.25) is 9.89 Å². The van der Waals surface area contributed by atoms with Gasteiger partial charge in [0, 0.05) is 12.6 Å². The average molecular weight is 279 g/mol. The summed E-state index contributed by atoms with van der Waals surface area (Å²) in [5, 5.41) is 8.77. The number of aromatic nitrogens is 2. The maximum absolute atomic E-state index is 11.9. The molecule has 0 bridgehead atoms. The number of aromatic amines is 1. The number of hydrogen-bond acceptors (Lipinski definition) is 4. The molecule has 6 nitrogen and oxygen atoms in total. The van der Waals surface area contributed by atoms with E-state index in [1.54, 1.807) is 18.2 Å². The molecule has 1 amide bonds. The second kappa shape index (κ2) is 5.66. The summed E-state index contributed by atoms with van der Waals surface area (Å²) in [4.78, 5) is 11.8. The first-order chi connectivity index (χ1) is 9.08. The monoisotopic (exact) mass is 279 g/mol. The molecule has 0 aliphatic carbocycles. The Morgan fingerprint density at radius 2 is 2.00 bits per heavy atom. The molecule has 0 atom stereocenters. The van der Waals surface area contributed by atoms with E-state index in [1.165, 1.54) is 24.5 Å². The fourth-order valence-corrected chi connectivity index (χ4v) is 2.78. The fourth-order valence-electron chi connectivity index (χ4n) is 1.52. The number of carbonyl (C=O) groups is 1. The zero-order valence-electron chi connectivity index (χ0n) is 10.0. The van der Waals surface area contributed by atoms with Crippen molar-refractivity contribution in [3.8, 4) is 0 Å². The SMILES string of the molecule is O=C(CCS(=O)(=O)c1ccccc1)Nc1cn[nH]c1. The molecule has 19 heavy (non-hydrogen) atoms. The van der Waals surface area contributed by atoms with Crippen molar-refractivity contribution in [3.05, 3.63) is 42.7 Å². The Hall–Kier alpha value is -2.15. The van der Waals surface area contributed by atoms with E-state index in [0.29, 0.717) is 5.69 Å². The summed E-state index contributed by atoms with van der Waals surface area (Å²) < 4.78 is 23.9. The van der Waals surface area contributed by atoms with Gasteiger partial charge in [-0.2, -0.15) is 5.10 Å². The minimum absolute atomic E-state index is 0.0948. The largest absolute Gasteiger partial charge is 0.323 e. The van der Waals surface area contributed by atoms with E-state index in [-0.39, 0.29) is 23.0 Å². The molecule has 0 spiro atoms. The van der Waals surface area contributed by atoms with E-state index in [4.69, 9.17) is 0 Å². The average Bonchev–Trinajstić information content (AvgIpc) is 2.90. The summed E-state index contributed by atoms with van der Waals surface area (Å²) in [6.07, 6.45) is 2.87. The van der Waals surface area contributed by atoms with Crippen molar-refractivity contribution in [2.45, 2.75) is 11.3 Å². The number of carbonyl (C=O) groups excluding carboxylic acids is 1.